The number of benzene rings is 3. The second kappa shape index (κ2) is 9.63. The first kappa shape index (κ1) is 24.0. The number of alkyl carbamates (subject to hydrolysis) is 1. The lowest BCUT2D eigenvalue weighted by atomic mass is 9.98. The maximum absolute atomic E-state index is 12.5. The van der Waals surface area contributed by atoms with Gasteiger partial charge in [0, 0.05) is 29.5 Å². The molecule has 3 N–H and O–H groups in total. The molecule has 0 radical (unpaired) electrons. The monoisotopic (exact) mass is 496 g/mol. The number of fused-ring (bicyclic) bond motifs is 3. The fourth-order valence-corrected chi connectivity index (χ4v) is 4.54. The first-order chi connectivity index (χ1) is 16.7. The Balaban J connectivity index is 1.49. The van der Waals surface area contributed by atoms with Crippen LogP contribution in [0.4, 0.5) is 10.5 Å². The molecule has 0 bridgehead atoms. The molecule has 0 heterocycles. The van der Waals surface area contributed by atoms with Crippen LogP contribution in [0, 0.1) is 17.0 Å². The minimum atomic E-state index is -1.52. The zero-order valence-electron chi connectivity index (χ0n) is 18.5. The molecule has 0 aromatic heterocycles. The van der Waals surface area contributed by atoms with Gasteiger partial charge in [-0.15, -0.1) is 0 Å². The predicted molar refractivity (Wildman–Crippen MR) is 128 cm³/mol. The molecular weight excluding hydrogens is 476 g/mol. The molecule has 0 aliphatic heterocycles. The van der Waals surface area contributed by atoms with Gasteiger partial charge in [0.15, 0.2) is 0 Å². The minimum absolute atomic E-state index is 0.0146. The van der Waals surface area contributed by atoms with Crippen molar-refractivity contribution in [1.82, 2.24) is 5.32 Å². The Morgan fingerprint density at radius 3 is 2.26 bits per heavy atom. The number of nitrogens with zero attached hydrogens (tertiary/aromatic N) is 1. The van der Waals surface area contributed by atoms with Gasteiger partial charge in [0.25, 0.3) is 5.69 Å². The number of hydrogen-bond acceptors (Lipinski definition) is 6. The standard InChI is InChI=1S/C25H21ClN2O7/c1-13-21(28(33)34)11-14(23(29)22(13)26)10-20(24(30)31)27-25(32)35-12-19-17-8-4-2-6-15(17)16-7-3-5-9-18(16)19/h2-9,11,19-20,29H,10,12H2,1H3,(H,27,32)(H,30,31). The molecule has 35 heavy (non-hydrogen) atoms. The molecule has 0 saturated heterocycles. The number of rotatable bonds is 7. The van der Waals surface area contributed by atoms with Crippen LogP contribution in [0.5, 0.6) is 5.75 Å². The van der Waals surface area contributed by atoms with Crippen molar-refractivity contribution in [2.24, 2.45) is 0 Å². The number of carbonyl (C=O) groups excluding carboxylic acids is 1. The average molecular weight is 497 g/mol. The van der Waals surface area contributed by atoms with Crippen LogP contribution in [0.1, 0.15) is 28.2 Å². The van der Waals surface area contributed by atoms with Crippen LogP contribution in [-0.4, -0.2) is 39.8 Å². The fourth-order valence-electron chi connectivity index (χ4n) is 4.32. The van der Waals surface area contributed by atoms with Crippen molar-refractivity contribution < 1.29 is 29.5 Å². The number of carboxylic acids is 1. The molecule has 9 nitrogen and oxygen atoms in total. The van der Waals surface area contributed by atoms with Crippen molar-refractivity contribution >= 4 is 29.4 Å². The van der Waals surface area contributed by atoms with Gasteiger partial charge in [0.2, 0.25) is 0 Å². The van der Waals surface area contributed by atoms with Crippen molar-refractivity contribution in [2.75, 3.05) is 6.61 Å². The van der Waals surface area contributed by atoms with Crippen LogP contribution in [0.15, 0.2) is 54.6 Å². The molecule has 10 heteroatoms. The summed E-state index contributed by atoms with van der Waals surface area (Å²) < 4.78 is 5.38. The predicted octanol–water partition coefficient (Wildman–Crippen LogP) is 4.80. The third-order valence-corrected chi connectivity index (χ3v) is 6.55. The quantitative estimate of drug-likeness (QED) is 0.315. The number of nitro benzene ring substituents is 1. The maximum atomic E-state index is 12.5. The Hall–Kier alpha value is -4.11. The SMILES string of the molecule is Cc1c([N+](=O)[O-])cc(CC(NC(=O)OCC2c3ccccc3-c3ccccc32)C(=O)O)c(O)c1Cl. The lowest BCUT2D eigenvalue weighted by Gasteiger charge is -2.18. The van der Waals surface area contributed by atoms with Crippen LogP contribution in [0.2, 0.25) is 5.02 Å². The van der Waals surface area contributed by atoms with Gasteiger partial charge in [-0.2, -0.15) is 0 Å². The summed E-state index contributed by atoms with van der Waals surface area (Å²) in [5, 5.41) is 33.2. The van der Waals surface area contributed by atoms with E-state index < -0.39 is 35.2 Å². The third kappa shape index (κ3) is 4.63. The van der Waals surface area contributed by atoms with Gasteiger partial charge in [0.1, 0.15) is 18.4 Å². The van der Waals surface area contributed by atoms with Crippen LogP contribution in [-0.2, 0) is 16.0 Å². The number of nitrogens with one attached hydrogen (secondary N) is 1. The molecule has 0 fully saturated rings. The van der Waals surface area contributed by atoms with E-state index in [1.54, 1.807) is 0 Å². The molecule has 180 valence electrons. The van der Waals surface area contributed by atoms with Gasteiger partial charge in [0.05, 0.1) is 9.95 Å². The van der Waals surface area contributed by atoms with E-state index in [1.807, 2.05) is 48.5 Å². The molecule has 3 aromatic carbocycles. The molecule has 0 saturated carbocycles. The summed E-state index contributed by atoms with van der Waals surface area (Å²) >= 11 is 5.99. The number of amides is 1. The maximum Gasteiger partial charge on any atom is 0.407 e. The van der Waals surface area contributed by atoms with E-state index in [2.05, 4.69) is 5.32 Å². The number of carbonyl (C=O) groups is 2. The topological polar surface area (TPSA) is 139 Å². The summed E-state index contributed by atoms with van der Waals surface area (Å²) in [6, 6.07) is 15.1. The normalized spacial score (nSPS) is 13.0. The molecule has 1 amide bonds. The highest BCUT2D eigenvalue weighted by Crippen LogP contribution is 2.44. The highest BCUT2D eigenvalue weighted by Gasteiger charge is 2.30. The van der Waals surface area contributed by atoms with Gasteiger partial charge < -0.3 is 20.3 Å². The summed E-state index contributed by atoms with van der Waals surface area (Å²) in [6.45, 7) is 1.35. The van der Waals surface area contributed by atoms with E-state index in [-0.39, 0.29) is 34.4 Å². The number of phenolic OH excluding ortho intramolecular Hbond substituents is 1. The molecular formula is C25H21ClN2O7. The number of phenols is 1. The highest BCUT2D eigenvalue weighted by atomic mass is 35.5. The average Bonchev–Trinajstić information content (AvgIpc) is 3.15. The summed E-state index contributed by atoms with van der Waals surface area (Å²) in [4.78, 5) is 34.9. The molecule has 1 aliphatic carbocycles. The number of halogens is 1. The molecule has 0 spiro atoms. The molecule has 1 aliphatic rings. The van der Waals surface area contributed by atoms with E-state index in [9.17, 15) is 29.9 Å². The Morgan fingerprint density at radius 1 is 1.14 bits per heavy atom. The van der Waals surface area contributed by atoms with Gasteiger partial charge in [-0.25, -0.2) is 9.59 Å². The van der Waals surface area contributed by atoms with Gasteiger partial charge in [-0.3, -0.25) is 10.1 Å². The van der Waals surface area contributed by atoms with Crippen LogP contribution in [0.25, 0.3) is 11.1 Å². The Kier molecular flexibility index (Phi) is 6.61. The smallest absolute Gasteiger partial charge is 0.407 e. The summed E-state index contributed by atoms with van der Waals surface area (Å²) in [6.07, 6.45) is -1.40. The van der Waals surface area contributed by atoms with Crippen LogP contribution in [0.3, 0.4) is 0 Å². The van der Waals surface area contributed by atoms with E-state index in [0.29, 0.717) is 0 Å². The van der Waals surface area contributed by atoms with E-state index in [1.165, 1.54) is 6.92 Å². The van der Waals surface area contributed by atoms with E-state index in [0.717, 1.165) is 28.3 Å². The molecule has 1 unspecified atom stereocenters. The van der Waals surface area contributed by atoms with Gasteiger partial charge in [-0.1, -0.05) is 60.1 Å². The van der Waals surface area contributed by atoms with Crippen molar-refractivity contribution in [3.05, 3.63) is 92.0 Å². The number of aromatic hydroxyl groups is 1. The number of carboxylic acid groups (broad SMARTS) is 1. The van der Waals surface area contributed by atoms with Gasteiger partial charge in [-0.05, 0) is 29.2 Å². The largest absolute Gasteiger partial charge is 0.506 e. The van der Waals surface area contributed by atoms with E-state index >= 15 is 0 Å². The van der Waals surface area contributed by atoms with Crippen molar-refractivity contribution in [3.8, 4) is 16.9 Å². The minimum Gasteiger partial charge on any atom is -0.506 e. The van der Waals surface area contributed by atoms with Crippen molar-refractivity contribution in [1.29, 1.82) is 0 Å². The van der Waals surface area contributed by atoms with Crippen LogP contribution < -0.4 is 5.32 Å². The zero-order valence-corrected chi connectivity index (χ0v) is 19.3. The molecule has 4 rings (SSSR count). The molecule has 1 atom stereocenters. The van der Waals surface area contributed by atoms with Gasteiger partial charge >= 0.3 is 12.1 Å². The number of ether oxygens (including phenoxy) is 1. The third-order valence-electron chi connectivity index (χ3n) is 6.09. The van der Waals surface area contributed by atoms with Crippen molar-refractivity contribution in [3.63, 3.8) is 0 Å². The van der Waals surface area contributed by atoms with Crippen molar-refractivity contribution in [2.45, 2.75) is 25.3 Å². The zero-order chi connectivity index (χ0) is 25.3. The van der Waals surface area contributed by atoms with E-state index in [4.69, 9.17) is 16.3 Å². The second-order valence-electron chi connectivity index (χ2n) is 8.16. The second-order valence-corrected chi connectivity index (χ2v) is 8.54. The lowest BCUT2D eigenvalue weighted by Crippen LogP contribution is -2.43. The van der Waals surface area contributed by atoms with Crippen LogP contribution >= 0.6 is 11.6 Å². The summed E-state index contributed by atoms with van der Waals surface area (Å²) in [5.41, 5.74) is 3.70. The Bertz CT molecular complexity index is 1300. The number of nitro groups is 1. The summed E-state index contributed by atoms with van der Waals surface area (Å²) in [7, 11) is 0. The number of aliphatic carboxylic acids is 1. The molecule has 3 aromatic rings. The highest BCUT2D eigenvalue weighted by molar-refractivity contribution is 6.33. The first-order valence-electron chi connectivity index (χ1n) is 10.7. The Labute approximate surface area is 205 Å². The number of hydrogen-bond donors (Lipinski definition) is 3. The lowest BCUT2D eigenvalue weighted by molar-refractivity contribution is -0.385. The summed E-state index contributed by atoms with van der Waals surface area (Å²) in [5.74, 6) is -2.09. The fraction of sp³-hybridized carbons (Fsp3) is 0.200. The Morgan fingerprint density at radius 2 is 1.71 bits per heavy atom. The first-order valence-corrected chi connectivity index (χ1v) is 11.1.